The van der Waals surface area contributed by atoms with E-state index in [9.17, 15) is 10.4 Å². The van der Waals surface area contributed by atoms with Crippen LogP contribution in [0.1, 0.15) is 30.2 Å². The Morgan fingerprint density at radius 3 is 2.53 bits per heavy atom. The molecule has 174 valence electrons. The molecule has 1 unspecified atom stereocenters. The maximum Gasteiger partial charge on any atom is 0.229 e. The van der Waals surface area contributed by atoms with E-state index in [0.717, 1.165) is 43.9 Å². The van der Waals surface area contributed by atoms with Crippen molar-refractivity contribution in [1.82, 2.24) is 19.9 Å². The summed E-state index contributed by atoms with van der Waals surface area (Å²) in [5.41, 5.74) is 3.13. The van der Waals surface area contributed by atoms with Crippen molar-refractivity contribution in [3.05, 3.63) is 59.4 Å². The van der Waals surface area contributed by atoms with E-state index in [1.54, 1.807) is 6.92 Å². The van der Waals surface area contributed by atoms with Crippen LogP contribution in [-0.4, -0.2) is 58.2 Å². The van der Waals surface area contributed by atoms with Gasteiger partial charge in [-0.25, -0.2) is 9.97 Å². The van der Waals surface area contributed by atoms with Crippen molar-refractivity contribution in [2.75, 3.05) is 48.8 Å². The van der Waals surface area contributed by atoms with Gasteiger partial charge in [0.05, 0.1) is 11.9 Å². The molecule has 1 aliphatic carbocycles. The fraction of sp³-hybridized carbons (Fsp3) is 0.360. The number of rotatable bonds is 5. The first-order valence-electron chi connectivity index (χ1n) is 11.5. The van der Waals surface area contributed by atoms with Gasteiger partial charge in [0, 0.05) is 37.6 Å². The minimum absolute atomic E-state index is 0.310. The van der Waals surface area contributed by atoms with E-state index in [1.807, 2.05) is 24.3 Å². The Balaban J connectivity index is 1.32. The van der Waals surface area contributed by atoms with Crippen molar-refractivity contribution in [3.63, 3.8) is 0 Å². The average molecular weight is 457 g/mol. The molecule has 1 fully saturated rings. The quantitative estimate of drug-likeness (QED) is 0.533. The number of piperazine rings is 1. The van der Waals surface area contributed by atoms with Gasteiger partial charge >= 0.3 is 0 Å². The normalized spacial score (nSPS) is 20.0. The molecule has 2 aliphatic rings. The number of hydrogen-bond donors (Lipinski definition) is 3. The maximum atomic E-state index is 10.6. The molecule has 2 aromatic heterocycles. The van der Waals surface area contributed by atoms with E-state index >= 15 is 0 Å². The summed E-state index contributed by atoms with van der Waals surface area (Å²) in [7, 11) is 2.15. The third kappa shape index (κ3) is 4.51. The van der Waals surface area contributed by atoms with Crippen molar-refractivity contribution >= 4 is 29.0 Å². The molecule has 34 heavy (non-hydrogen) atoms. The molecule has 5 rings (SSSR count). The fourth-order valence-corrected chi connectivity index (χ4v) is 4.41. The molecule has 1 aliphatic heterocycles. The second-order valence-corrected chi connectivity index (χ2v) is 9.13. The molecule has 1 saturated heterocycles. The van der Waals surface area contributed by atoms with E-state index in [1.165, 1.54) is 11.9 Å². The van der Waals surface area contributed by atoms with Gasteiger partial charge in [-0.15, -0.1) is 0 Å². The molecule has 9 nitrogen and oxygen atoms in total. The third-order valence-electron chi connectivity index (χ3n) is 6.52. The molecule has 3 N–H and O–H groups in total. The lowest BCUT2D eigenvalue weighted by molar-refractivity contribution is 0.0555. The predicted octanol–water partition coefficient (Wildman–Crippen LogP) is 3.14. The number of nitrogens with one attached hydrogen (secondary N) is 2. The second-order valence-electron chi connectivity index (χ2n) is 9.13. The van der Waals surface area contributed by atoms with Gasteiger partial charge in [0.2, 0.25) is 5.95 Å². The fourth-order valence-electron chi connectivity index (χ4n) is 4.41. The first-order valence-corrected chi connectivity index (χ1v) is 11.5. The average Bonchev–Trinajstić information content (AvgIpc) is 3.14. The Bertz CT molecular complexity index is 1230. The van der Waals surface area contributed by atoms with Crippen LogP contribution in [0.25, 0.3) is 0 Å². The molecule has 0 bridgehead atoms. The maximum absolute atomic E-state index is 10.6. The highest BCUT2D eigenvalue weighted by atomic mass is 16.3. The van der Waals surface area contributed by atoms with Crippen molar-refractivity contribution in [2.24, 2.45) is 0 Å². The molecule has 0 amide bonds. The summed E-state index contributed by atoms with van der Waals surface area (Å²) in [6.45, 7) is 5.93. The highest BCUT2D eigenvalue weighted by Crippen LogP contribution is 2.36. The lowest BCUT2D eigenvalue weighted by atomic mass is 10.0. The van der Waals surface area contributed by atoms with Gasteiger partial charge in [-0.1, -0.05) is 6.07 Å². The number of benzene rings is 1. The molecule has 0 saturated carbocycles. The highest BCUT2D eigenvalue weighted by molar-refractivity contribution is 5.64. The zero-order chi connectivity index (χ0) is 23.7. The first-order chi connectivity index (χ1) is 16.4. The number of nitrogens with zero attached hydrogens (tertiary/aromatic N) is 6. The van der Waals surface area contributed by atoms with Crippen molar-refractivity contribution in [3.8, 4) is 6.07 Å². The standard InChI is InChI=1S/C25H28N8O/c1-25(34)10-9-17-3-8-21(29-22(17)25)30-23-18(15-26)16-27-24(31-23)28-19-4-6-20(7-5-19)33-13-11-32(2)12-14-33/h3-8,16,34H,9-14H2,1-2H3,(H2,27,28,29,30,31). The van der Waals surface area contributed by atoms with Crippen LogP contribution in [-0.2, 0) is 12.0 Å². The number of anilines is 5. The molecule has 0 spiro atoms. The van der Waals surface area contributed by atoms with Gasteiger partial charge < -0.3 is 25.5 Å². The summed E-state index contributed by atoms with van der Waals surface area (Å²) >= 11 is 0. The Morgan fingerprint density at radius 2 is 1.79 bits per heavy atom. The molecule has 3 aromatic rings. The van der Waals surface area contributed by atoms with Crippen molar-refractivity contribution < 1.29 is 5.11 Å². The predicted molar refractivity (Wildman–Crippen MR) is 132 cm³/mol. The molecule has 3 heterocycles. The van der Waals surface area contributed by atoms with E-state index in [0.29, 0.717) is 35.3 Å². The van der Waals surface area contributed by atoms with E-state index in [4.69, 9.17) is 0 Å². The van der Waals surface area contributed by atoms with Crippen LogP contribution in [0.15, 0.2) is 42.6 Å². The number of likely N-dealkylation sites (N-methyl/N-ethyl adjacent to an activating group) is 1. The minimum Gasteiger partial charge on any atom is -0.384 e. The smallest absolute Gasteiger partial charge is 0.229 e. The molecule has 1 atom stereocenters. The summed E-state index contributed by atoms with van der Waals surface area (Å²) in [4.78, 5) is 18.1. The van der Waals surface area contributed by atoms with Crippen LogP contribution in [0.2, 0.25) is 0 Å². The summed E-state index contributed by atoms with van der Waals surface area (Å²) in [5.74, 6) is 1.26. The highest BCUT2D eigenvalue weighted by Gasteiger charge is 2.33. The number of pyridine rings is 1. The zero-order valence-electron chi connectivity index (χ0n) is 19.4. The summed E-state index contributed by atoms with van der Waals surface area (Å²) in [5, 5.41) is 26.4. The van der Waals surface area contributed by atoms with E-state index < -0.39 is 5.60 Å². The number of aryl methyl sites for hydroxylation is 1. The zero-order valence-corrected chi connectivity index (χ0v) is 19.4. The van der Waals surface area contributed by atoms with Crippen molar-refractivity contribution in [1.29, 1.82) is 5.26 Å². The van der Waals surface area contributed by atoms with Crippen LogP contribution in [0.3, 0.4) is 0 Å². The number of nitriles is 1. The largest absolute Gasteiger partial charge is 0.384 e. The SMILES string of the molecule is CN1CCN(c2ccc(Nc3ncc(C#N)c(Nc4ccc5c(n4)C(C)(O)CC5)n3)cc2)CC1. The third-order valence-corrected chi connectivity index (χ3v) is 6.52. The molecule has 1 aromatic carbocycles. The molecular formula is C25H28N8O. The molecule has 0 radical (unpaired) electrons. The van der Waals surface area contributed by atoms with Crippen molar-refractivity contribution in [2.45, 2.75) is 25.4 Å². The van der Waals surface area contributed by atoms with Gasteiger partial charge in [-0.2, -0.15) is 10.2 Å². The van der Waals surface area contributed by atoms with Crippen LogP contribution in [0, 0.1) is 11.3 Å². The van der Waals surface area contributed by atoms with Crippen LogP contribution in [0.4, 0.5) is 29.0 Å². The monoisotopic (exact) mass is 456 g/mol. The Morgan fingerprint density at radius 1 is 1.03 bits per heavy atom. The Kier molecular flexibility index (Phi) is 5.77. The van der Waals surface area contributed by atoms with Gasteiger partial charge in [0.1, 0.15) is 23.1 Å². The van der Waals surface area contributed by atoms with E-state index in [-0.39, 0.29) is 0 Å². The Hall–Kier alpha value is -3.74. The summed E-state index contributed by atoms with van der Waals surface area (Å²) in [6.07, 6.45) is 2.94. The second kappa shape index (κ2) is 8.89. The topological polar surface area (TPSA) is 113 Å². The molecular weight excluding hydrogens is 428 g/mol. The van der Waals surface area contributed by atoms with Gasteiger partial charge in [-0.3, -0.25) is 0 Å². The number of aliphatic hydroxyl groups is 1. The van der Waals surface area contributed by atoms with Crippen LogP contribution in [0.5, 0.6) is 0 Å². The first kappa shape index (κ1) is 22.1. The molecule has 9 heteroatoms. The number of hydrogen-bond acceptors (Lipinski definition) is 9. The Labute approximate surface area is 199 Å². The number of fused-ring (bicyclic) bond motifs is 1. The van der Waals surface area contributed by atoms with E-state index in [2.05, 4.69) is 60.6 Å². The van der Waals surface area contributed by atoms with Crippen LogP contribution >= 0.6 is 0 Å². The summed E-state index contributed by atoms with van der Waals surface area (Å²) < 4.78 is 0. The lowest BCUT2D eigenvalue weighted by Crippen LogP contribution is -2.44. The number of aromatic nitrogens is 3. The van der Waals surface area contributed by atoms with Gasteiger partial charge in [-0.05, 0) is 62.7 Å². The minimum atomic E-state index is -0.945. The van der Waals surface area contributed by atoms with Gasteiger partial charge in [0.25, 0.3) is 0 Å². The van der Waals surface area contributed by atoms with Gasteiger partial charge in [0.15, 0.2) is 5.82 Å². The lowest BCUT2D eigenvalue weighted by Gasteiger charge is -2.34. The van der Waals surface area contributed by atoms with Crippen LogP contribution < -0.4 is 15.5 Å². The summed E-state index contributed by atoms with van der Waals surface area (Å²) in [6, 6.07) is 14.1.